The first kappa shape index (κ1) is 18.2. The van der Waals surface area contributed by atoms with Crippen molar-refractivity contribution in [3.63, 3.8) is 0 Å². The SMILES string of the molecule is Cc1cc(C)c(-c2c(C)nn(C(C)C)c2C)c(C)c1C.[Pt]. The van der Waals surface area contributed by atoms with E-state index in [4.69, 9.17) is 5.10 Å². The molecule has 2 nitrogen and oxygen atoms in total. The van der Waals surface area contributed by atoms with Crippen LogP contribution >= 0.6 is 0 Å². The monoisotopic (exact) mass is 465 g/mol. The zero-order chi connectivity index (χ0) is 15.2. The molecule has 1 heterocycles. The third-order valence-electron chi connectivity index (χ3n) is 4.42. The molecule has 21 heavy (non-hydrogen) atoms. The molecule has 1 aromatic heterocycles. The van der Waals surface area contributed by atoms with E-state index < -0.39 is 0 Å². The van der Waals surface area contributed by atoms with Gasteiger partial charge in [0.15, 0.2) is 0 Å². The normalized spacial score (nSPS) is 10.9. The third-order valence-corrected chi connectivity index (χ3v) is 4.42. The Morgan fingerprint density at radius 3 is 1.90 bits per heavy atom. The summed E-state index contributed by atoms with van der Waals surface area (Å²) >= 11 is 0. The quantitative estimate of drug-likeness (QED) is 0.612. The molecule has 0 N–H and O–H groups in total. The summed E-state index contributed by atoms with van der Waals surface area (Å²) in [5, 5.41) is 4.74. The van der Waals surface area contributed by atoms with Gasteiger partial charge in [0.2, 0.25) is 0 Å². The van der Waals surface area contributed by atoms with Gasteiger partial charge in [0.25, 0.3) is 0 Å². The first-order valence-electron chi connectivity index (χ1n) is 7.39. The second-order valence-electron chi connectivity index (χ2n) is 6.22. The molecule has 3 heteroatoms. The summed E-state index contributed by atoms with van der Waals surface area (Å²) in [7, 11) is 0. The van der Waals surface area contributed by atoms with Crippen molar-refractivity contribution in [3.05, 3.63) is 39.7 Å². The molecule has 0 amide bonds. The number of aryl methyl sites for hydroxylation is 3. The van der Waals surface area contributed by atoms with Gasteiger partial charge in [0, 0.05) is 38.4 Å². The van der Waals surface area contributed by atoms with E-state index >= 15 is 0 Å². The Hall–Kier alpha value is -0.882. The predicted molar refractivity (Wildman–Crippen MR) is 86.5 cm³/mol. The van der Waals surface area contributed by atoms with Gasteiger partial charge < -0.3 is 0 Å². The summed E-state index contributed by atoms with van der Waals surface area (Å²) < 4.78 is 2.14. The Bertz CT molecular complexity index is 667. The molecular weight excluding hydrogens is 439 g/mol. The Labute approximate surface area is 143 Å². The van der Waals surface area contributed by atoms with Crippen LogP contribution in [-0.2, 0) is 21.1 Å². The Kier molecular flexibility index (Phi) is 5.61. The van der Waals surface area contributed by atoms with E-state index in [2.05, 4.69) is 66.1 Å². The van der Waals surface area contributed by atoms with E-state index in [0.717, 1.165) is 5.69 Å². The smallest absolute Gasteiger partial charge is 0.0675 e. The van der Waals surface area contributed by atoms with Crippen molar-refractivity contribution < 1.29 is 21.1 Å². The van der Waals surface area contributed by atoms with E-state index in [9.17, 15) is 0 Å². The summed E-state index contributed by atoms with van der Waals surface area (Å²) in [5.41, 5.74) is 10.6. The molecule has 0 atom stereocenters. The number of aromatic nitrogens is 2. The molecule has 0 bridgehead atoms. The maximum Gasteiger partial charge on any atom is 0.0675 e. The first-order chi connectivity index (χ1) is 9.25. The summed E-state index contributed by atoms with van der Waals surface area (Å²) in [6, 6.07) is 2.69. The van der Waals surface area contributed by atoms with E-state index in [1.165, 1.54) is 39.1 Å². The zero-order valence-electron chi connectivity index (χ0n) is 14.4. The Morgan fingerprint density at radius 1 is 0.857 bits per heavy atom. The van der Waals surface area contributed by atoms with Crippen molar-refractivity contribution in [1.29, 1.82) is 0 Å². The number of hydrogen-bond donors (Lipinski definition) is 0. The molecule has 1 aromatic carbocycles. The largest absolute Gasteiger partial charge is 0.266 e. The molecule has 118 valence electrons. The van der Waals surface area contributed by atoms with E-state index in [1.54, 1.807) is 0 Å². The van der Waals surface area contributed by atoms with Gasteiger partial charge in [-0.25, -0.2) is 0 Å². The van der Waals surface area contributed by atoms with Crippen LogP contribution in [0.5, 0.6) is 0 Å². The topological polar surface area (TPSA) is 17.8 Å². The van der Waals surface area contributed by atoms with Crippen LogP contribution < -0.4 is 0 Å². The maximum absolute atomic E-state index is 4.74. The number of rotatable bonds is 2. The standard InChI is InChI=1S/C18H26N2.Pt/c1-10(2)20-16(8)18(15(7)19-20)17-12(4)9-11(3)13(5)14(17)6;/h9-10H,1-8H3;. The number of nitrogens with zero attached hydrogens (tertiary/aromatic N) is 2. The third kappa shape index (κ3) is 3.01. The second kappa shape index (κ2) is 6.48. The van der Waals surface area contributed by atoms with Crippen LogP contribution in [0.2, 0.25) is 0 Å². The van der Waals surface area contributed by atoms with Crippen LogP contribution in [0.3, 0.4) is 0 Å². The van der Waals surface area contributed by atoms with E-state index in [0.29, 0.717) is 6.04 Å². The Balaban J connectivity index is 0.00000220. The molecule has 0 aliphatic carbocycles. The van der Waals surface area contributed by atoms with Crippen molar-refractivity contribution in [3.8, 4) is 11.1 Å². The van der Waals surface area contributed by atoms with Gasteiger partial charge in [-0.3, -0.25) is 4.68 Å². The molecule has 0 aliphatic rings. The van der Waals surface area contributed by atoms with Gasteiger partial charge in [-0.1, -0.05) is 6.07 Å². The second-order valence-corrected chi connectivity index (χ2v) is 6.22. The van der Waals surface area contributed by atoms with E-state index in [-0.39, 0.29) is 21.1 Å². The van der Waals surface area contributed by atoms with Crippen molar-refractivity contribution in [1.82, 2.24) is 9.78 Å². The molecule has 2 aromatic rings. The average Bonchev–Trinajstić information content (AvgIpc) is 2.64. The predicted octanol–water partition coefficient (Wildman–Crippen LogP) is 4.98. The summed E-state index contributed by atoms with van der Waals surface area (Å²) in [5.74, 6) is 0. The zero-order valence-corrected chi connectivity index (χ0v) is 16.6. The summed E-state index contributed by atoms with van der Waals surface area (Å²) in [6.07, 6.45) is 0. The van der Waals surface area contributed by atoms with Crippen molar-refractivity contribution in [2.24, 2.45) is 0 Å². The average molecular weight is 465 g/mol. The van der Waals surface area contributed by atoms with Gasteiger partial charge in [-0.2, -0.15) is 5.10 Å². The Morgan fingerprint density at radius 2 is 1.43 bits per heavy atom. The fourth-order valence-electron chi connectivity index (χ4n) is 3.20. The van der Waals surface area contributed by atoms with Gasteiger partial charge >= 0.3 is 0 Å². The molecular formula is C18H26N2Pt. The van der Waals surface area contributed by atoms with Gasteiger partial charge in [-0.15, -0.1) is 0 Å². The van der Waals surface area contributed by atoms with Crippen LogP contribution in [0, 0.1) is 41.5 Å². The minimum atomic E-state index is 0. The number of hydrogen-bond acceptors (Lipinski definition) is 1. The first-order valence-corrected chi connectivity index (χ1v) is 7.39. The van der Waals surface area contributed by atoms with Crippen molar-refractivity contribution in [2.45, 2.75) is 61.4 Å². The van der Waals surface area contributed by atoms with Crippen LogP contribution in [0.4, 0.5) is 0 Å². The minimum Gasteiger partial charge on any atom is -0.266 e. The summed E-state index contributed by atoms with van der Waals surface area (Å²) in [4.78, 5) is 0. The van der Waals surface area contributed by atoms with Gasteiger partial charge in [0.05, 0.1) is 5.69 Å². The molecule has 0 unspecified atom stereocenters. The van der Waals surface area contributed by atoms with Crippen LogP contribution in [0.15, 0.2) is 6.07 Å². The van der Waals surface area contributed by atoms with Crippen molar-refractivity contribution in [2.75, 3.05) is 0 Å². The molecule has 0 saturated carbocycles. The van der Waals surface area contributed by atoms with Gasteiger partial charge in [-0.05, 0) is 83.2 Å². The van der Waals surface area contributed by atoms with Gasteiger partial charge in [0.1, 0.15) is 0 Å². The molecule has 0 saturated heterocycles. The summed E-state index contributed by atoms with van der Waals surface area (Å²) in [6.45, 7) is 17.5. The molecule has 0 spiro atoms. The van der Waals surface area contributed by atoms with Crippen LogP contribution in [0.1, 0.15) is 53.5 Å². The molecule has 0 aliphatic heterocycles. The van der Waals surface area contributed by atoms with Crippen LogP contribution in [-0.4, -0.2) is 9.78 Å². The van der Waals surface area contributed by atoms with Crippen LogP contribution in [0.25, 0.3) is 11.1 Å². The molecule has 0 radical (unpaired) electrons. The maximum atomic E-state index is 4.74. The molecule has 2 rings (SSSR count). The fraction of sp³-hybridized carbons (Fsp3) is 0.500. The number of benzene rings is 1. The van der Waals surface area contributed by atoms with E-state index in [1.807, 2.05) is 0 Å². The fourth-order valence-corrected chi connectivity index (χ4v) is 3.20. The minimum absolute atomic E-state index is 0. The molecule has 0 fully saturated rings. The van der Waals surface area contributed by atoms with Crippen molar-refractivity contribution >= 4 is 0 Å².